The lowest BCUT2D eigenvalue weighted by atomic mass is 9.86. The predicted molar refractivity (Wildman–Crippen MR) is 71.4 cm³/mol. The molecule has 0 saturated heterocycles. The van der Waals surface area contributed by atoms with Gasteiger partial charge in [0.2, 0.25) is 5.83 Å². The van der Waals surface area contributed by atoms with Crippen LogP contribution in [0.15, 0.2) is 11.0 Å². The summed E-state index contributed by atoms with van der Waals surface area (Å²) in [7, 11) is -7.16. The van der Waals surface area contributed by atoms with E-state index >= 15 is 0 Å². The lowest BCUT2D eigenvalue weighted by molar-refractivity contribution is -0.473. The van der Waals surface area contributed by atoms with E-state index in [2.05, 4.69) is 0 Å². The summed E-state index contributed by atoms with van der Waals surface area (Å²) < 4.78 is 328. The van der Waals surface area contributed by atoms with Crippen LogP contribution in [0.5, 0.6) is 0 Å². The first kappa shape index (κ1) is 37.0. The van der Waals surface area contributed by atoms with Crippen LogP contribution >= 0.6 is 0 Å². The normalized spacial score (nSPS) is 17.3. The Bertz CT molecular complexity index is 1080. The van der Waals surface area contributed by atoms with Crippen LogP contribution in [0.1, 0.15) is 0 Å². The quantitative estimate of drug-likeness (QED) is 0.198. The minimum Gasteiger partial charge on any atom is -0.280 e. The van der Waals surface area contributed by atoms with Gasteiger partial charge in [-0.2, -0.15) is 105 Å². The molecule has 0 amide bonds. The minimum absolute atomic E-state index is 4.66. The fraction of sp³-hybridized carbons (Fsp3) is 0.833. The summed E-state index contributed by atoms with van der Waals surface area (Å²) in [6.45, 7) is 0. The molecule has 0 radical (unpaired) electrons. The molecular formula is C12HF23O3S. The van der Waals surface area contributed by atoms with Crippen molar-refractivity contribution in [3.63, 3.8) is 0 Å². The Morgan fingerprint density at radius 3 is 0.821 bits per heavy atom. The van der Waals surface area contributed by atoms with Crippen LogP contribution in [-0.4, -0.2) is 72.4 Å². The molecule has 0 aromatic heterocycles. The third-order valence-electron chi connectivity index (χ3n) is 4.19. The number of allylic oxidation sites excluding steroid dienone is 1. The number of rotatable bonds is 10. The van der Waals surface area contributed by atoms with Gasteiger partial charge in [0, 0.05) is 0 Å². The molecule has 0 unspecified atom stereocenters. The molecule has 0 aromatic carbocycles. The average Bonchev–Trinajstić information content (AvgIpc) is 2.69. The summed E-state index contributed by atoms with van der Waals surface area (Å²) in [5, 5.41) is -4.66. The van der Waals surface area contributed by atoms with Crippen molar-refractivity contribution in [2.24, 2.45) is 0 Å². The van der Waals surface area contributed by atoms with E-state index in [0.717, 1.165) is 0 Å². The summed E-state index contributed by atoms with van der Waals surface area (Å²) in [5.41, 5.74) is 0. The van der Waals surface area contributed by atoms with Gasteiger partial charge in [-0.1, -0.05) is 0 Å². The van der Waals surface area contributed by atoms with Gasteiger partial charge in [-0.05, 0) is 0 Å². The molecule has 0 aliphatic heterocycles. The summed E-state index contributed by atoms with van der Waals surface area (Å²) >= 11 is 0. The van der Waals surface area contributed by atoms with Crippen LogP contribution in [0, 0.1) is 0 Å². The molecule has 0 heterocycles. The fourth-order valence-electron chi connectivity index (χ4n) is 1.93. The maximum atomic E-state index is 13.5. The molecule has 0 aliphatic carbocycles. The maximum absolute atomic E-state index is 13.5. The standard InChI is InChI=1S/C12HF23O3S/c13-1(2(14)39(36,37)38)3(15,16)4(17,18)5(19,20)6(21,22)7(23,24)8(25,26)9(27,28)10(29,30)11(31,32)12(33,34)35/h(H,36,37,38)/b2-1-. The van der Waals surface area contributed by atoms with Gasteiger partial charge in [0.15, 0.2) is 0 Å². The van der Waals surface area contributed by atoms with E-state index in [9.17, 15) is 109 Å². The van der Waals surface area contributed by atoms with Gasteiger partial charge in [0.25, 0.3) is 5.16 Å². The molecule has 1 N–H and O–H groups in total. The van der Waals surface area contributed by atoms with Gasteiger partial charge in [-0.25, -0.2) is 4.39 Å². The Morgan fingerprint density at radius 2 is 0.615 bits per heavy atom. The highest BCUT2D eigenvalue weighted by molar-refractivity contribution is 7.89. The van der Waals surface area contributed by atoms with Gasteiger partial charge < -0.3 is 0 Å². The number of hydrogen-bond donors (Lipinski definition) is 1. The fourth-order valence-corrected chi connectivity index (χ4v) is 2.29. The monoisotopic (exact) mass is 662 g/mol. The Labute approximate surface area is 195 Å². The van der Waals surface area contributed by atoms with Crippen LogP contribution in [0.3, 0.4) is 0 Å². The highest BCUT2D eigenvalue weighted by Crippen LogP contribution is 2.66. The molecule has 0 saturated carbocycles. The first-order valence-corrected chi connectivity index (χ1v) is 9.26. The highest BCUT2D eigenvalue weighted by atomic mass is 32.2. The molecule has 234 valence electrons. The lowest BCUT2D eigenvalue weighted by Crippen LogP contribution is -2.76. The SMILES string of the molecule is O=S(=O)(O)/C(F)=C(\F)C(F)(F)C(F)(F)C(F)(F)C(F)(F)C(F)(F)C(F)(F)C(F)(F)C(F)(F)C(F)(F)C(F)(F)F. The summed E-state index contributed by atoms with van der Waals surface area (Å²) in [5.74, 6) is -87.2. The second-order valence-electron chi connectivity index (χ2n) is 6.73. The van der Waals surface area contributed by atoms with Crippen LogP contribution < -0.4 is 0 Å². The first-order valence-electron chi connectivity index (χ1n) is 7.82. The van der Waals surface area contributed by atoms with E-state index in [4.69, 9.17) is 4.55 Å². The van der Waals surface area contributed by atoms with Crippen molar-refractivity contribution in [2.75, 3.05) is 0 Å². The Balaban J connectivity index is 7.36. The average molecular weight is 662 g/mol. The van der Waals surface area contributed by atoms with Crippen molar-refractivity contribution in [3.05, 3.63) is 11.0 Å². The number of alkyl halides is 21. The van der Waals surface area contributed by atoms with E-state index in [0.29, 0.717) is 0 Å². The maximum Gasteiger partial charge on any atom is 0.460 e. The smallest absolute Gasteiger partial charge is 0.280 e. The largest absolute Gasteiger partial charge is 0.460 e. The zero-order valence-corrected chi connectivity index (χ0v) is 17.2. The van der Waals surface area contributed by atoms with E-state index in [1.165, 1.54) is 0 Å². The van der Waals surface area contributed by atoms with E-state index < -0.39 is 80.6 Å². The molecule has 27 heteroatoms. The Kier molecular flexibility index (Phi) is 8.57. The van der Waals surface area contributed by atoms with Crippen molar-refractivity contribution < 1.29 is 114 Å². The summed E-state index contributed by atoms with van der Waals surface area (Å²) in [4.78, 5) is 0. The van der Waals surface area contributed by atoms with Gasteiger partial charge in [-0.3, -0.25) is 4.55 Å². The molecule has 0 bridgehead atoms. The van der Waals surface area contributed by atoms with E-state index in [-0.39, 0.29) is 0 Å². The first-order chi connectivity index (χ1) is 16.3. The minimum atomic E-state index is -9.51. The van der Waals surface area contributed by atoms with Crippen LogP contribution in [0.25, 0.3) is 0 Å². The zero-order valence-electron chi connectivity index (χ0n) is 16.4. The van der Waals surface area contributed by atoms with E-state index in [1.807, 2.05) is 0 Å². The van der Waals surface area contributed by atoms with Crippen molar-refractivity contribution in [1.29, 1.82) is 0 Å². The second kappa shape index (κ2) is 9.02. The van der Waals surface area contributed by atoms with Crippen LogP contribution in [0.4, 0.5) is 101 Å². The molecule has 0 atom stereocenters. The molecule has 39 heavy (non-hydrogen) atoms. The summed E-state index contributed by atoms with van der Waals surface area (Å²) in [6.07, 6.45) is -8.15. The Hall–Kier alpha value is -1.96. The van der Waals surface area contributed by atoms with Gasteiger partial charge >= 0.3 is 69.6 Å². The van der Waals surface area contributed by atoms with Crippen molar-refractivity contribution in [2.45, 2.75) is 59.5 Å². The molecule has 0 aromatic rings. The topological polar surface area (TPSA) is 54.4 Å². The predicted octanol–water partition coefficient (Wildman–Crippen LogP) is 7.26. The lowest BCUT2D eigenvalue weighted by Gasteiger charge is -2.44. The number of halogens is 23. The van der Waals surface area contributed by atoms with E-state index in [1.54, 1.807) is 0 Å². The third kappa shape index (κ3) is 4.62. The number of hydrogen-bond acceptors (Lipinski definition) is 2. The zero-order chi connectivity index (χ0) is 32.7. The molecule has 0 fully saturated rings. The Morgan fingerprint density at radius 1 is 0.410 bits per heavy atom. The molecule has 0 rings (SSSR count). The van der Waals surface area contributed by atoms with Crippen molar-refractivity contribution in [1.82, 2.24) is 0 Å². The van der Waals surface area contributed by atoms with Crippen LogP contribution in [-0.2, 0) is 10.1 Å². The second-order valence-corrected chi connectivity index (χ2v) is 8.04. The van der Waals surface area contributed by atoms with Gasteiger partial charge in [-0.15, -0.1) is 0 Å². The van der Waals surface area contributed by atoms with Crippen molar-refractivity contribution >= 4 is 10.1 Å². The molecule has 3 nitrogen and oxygen atoms in total. The molecule has 0 aliphatic rings. The molecular weight excluding hydrogens is 661 g/mol. The summed E-state index contributed by atoms with van der Waals surface area (Å²) in [6, 6.07) is 0. The highest BCUT2D eigenvalue weighted by Gasteiger charge is 2.98. The van der Waals surface area contributed by atoms with Gasteiger partial charge in [0.05, 0.1) is 0 Å². The third-order valence-corrected chi connectivity index (χ3v) is 4.82. The van der Waals surface area contributed by atoms with Crippen LogP contribution in [0.2, 0.25) is 0 Å². The van der Waals surface area contributed by atoms with Crippen molar-refractivity contribution in [3.8, 4) is 0 Å². The molecule has 0 spiro atoms. The van der Waals surface area contributed by atoms with Gasteiger partial charge in [0.1, 0.15) is 0 Å².